The molecule has 0 saturated carbocycles. The minimum atomic E-state index is -0.990. The fourth-order valence-electron chi connectivity index (χ4n) is 5.10. The van der Waals surface area contributed by atoms with Crippen molar-refractivity contribution >= 4 is 34.6 Å². The van der Waals surface area contributed by atoms with Crippen LogP contribution < -0.4 is 15.4 Å². The van der Waals surface area contributed by atoms with Crippen molar-refractivity contribution in [2.45, 2.75) is 19.5 Å². The summed E-state index contributed by atoms with van der Waals surface area (Å²) < 4.78 is 62.5. The zero-order chi connectivity index (χ0) is 32.0. The van der Waals surface area contributed by atoms with Crippen molar-refractivity contribution < 1.29 is 27.1 Å². The topological polar surface area (TPSA) is 92.3 Å². The van der Waals surface area contributed by atoms with Crippen LogP contribution in [0.25, 0.3) is 21.8 Å². The number of ether oxygens (including phenoxy) is 1. The number of amides is 1. The smallest absolute Gasteiger partial charge is 0.261 e. The molecule has 1 saturated heterocycles. The van der Waals surface area contributed by atoms with Gasteiger partial charge in [0.2, 0.25) is 5.95 Å². The Morgan fingerprint density at radius 2 is 1.70 bits per heavy atom. The maximum absolute atomic E-state index is 14.8. The number of halogens is 4. The van der Waals surface area contributed by atoms with Gasteiger partial charge in [-0.05, 0) is 68.4 Å². The quantitative estimate of drug-likeness (QED) is 0.142. The predicted molar refractivity (Wildman–Crippen MR) is 169 cm³/mol. The standard InChI is InChI=1S/C33H28F4N6O2S/c34-19-28-42-30(20-5-3-6-21(17-20)39-32(44)29-23(35)7-4-8-24(29)36)31(46-28)26-11-12-38-33(41-26)40-22-9-10-27(25(37)18-22)45-16-15-43-13-1-2-14-43/h3-12,17-18H,1-2,13-16,19H2,(H,39,44)(H,38,40,41). The number of nitrogens with zero attached hydrogens (tertiary/aromatic N) is 4. The van der Waals surface area contributed by atoms with Crippen LogP contribution in [0.5, 0.6) is 5.75 Å². The van der Waals surface area contributed by atoms with Crippen molar-refractivity contribution in [1.82, 2.24) is 19.9 Å². The van der Waals surface area contributed by atoms with Gasteiger partial charge in [-0.15, -0.1) is 11.3 Å². The number of anilines is 3. The molecule has 0 unspecified atom stereocenters. The fraction of sp³-hybridized carbons (Fsp3) is 0.212. The molecular weight excluding hydrogens is 620 g/mol. The second-order valence-electron chi connectivity index (χ2n) is 10.5. The Balaban J connectivity index is 1.20. The minimum Gasteiger partial charge on any atom is -0.489 e. The number of thiazole rings is 1. The van der Waals surface area contributed by atoms with Crippen molar-refractivity contribution in [3.8, 4) is 27.6 Å². The van der Waals surface area contributed by atoms with Crippen LogP contribution in [0.3, 0.4) is 0 Å². The lowest BCUT2D eigenvalue weighted by atomic mass is 10.1. The molecule has 0 bridgehead atoms. The SMILES string of the molecule is O=C(Nc1cccc(-c2nc(CF)sc2-c2ccnc(Nc3ccc(OCCN4CCCC4)c(F)c3)n2)c1)c1c(F)cccc1F. The van der Waals surface area contributed by atoms with Gasteiger partial charge in [0.05, 0.1) is 16.3 Å². The first-order valence-corrected chi connectivity index (χ1v) is 15.4. The van der Waals surface area contributed by atoms with E-state index in [0.717, 1.165) is 43.1 Å². The Morgan fingerprint density at radius 1 is 0.913 bits per heavy atom. The molecule has 13 heteroatoms. The van der Waals surface area contributed by atoms with Gasteiger partial charge in [-0.2, -0.15) is 0 Å². The number of aromatic nitrogens is 3. The van der Waals surface area contributed by atoms with E-state index in [0.29, 0.717) is 34.1 Å². The monoisotopic (exact) mass is 648 g/mol. The number of rotatable bonds is 11. The number of hydrogen-bond acceptors (Lipinski definition) is 8. The average Bonchev–Trinajstić information content (AvgIpc) is 3.73. The fourth-order valence-corrected chi connectivity index (χ4v) is 6.01. The van der Waals surface area contributed by atoms with Crippen LogP contribution in [0.15, 0.2) is 72.9 Å². The van der Waals surface area contributed by atoms with E-state index in [-0.39, 0.29) is 22.4 Å². The third-order valence-corrected chi connectivity index (χ3v) is 8.35. The highest BCUT2D eigenvalue weighted by Gasteiger charge is 2.20. The first-order valence-electron chi connectivity index (χ1n) is 14.5. The molecule has 3 heterocycles. The van der Waals surface area contributed by atoms with Gasteiger partial charge in [-0.25, -0.2) is 32.5 Å². The summed E-state index contributed by atoms with van der Waals surface area (Å²) in [6.45, 7) is 2.40. The van der Waals surface area contributed by atoms with Gasteiger partial charge >= 0.3 is 0 Å². The van der Waals surface area contributed by atoms with Gasteiger partial charge in [0.25, 0.3) is 5.91 Å². The lowest BCUT2D eigenvalue weighted by molar-refractivity contribution is 0.101. The highest BCUT2D eigenvalue weighted by molar-refractivity contribution is 7.15. The molecule has 1 fully saturated rings. The molecular formula is C33H28F4N6O2S. The van der Waals surface area contributed by atoms with Crippen LogP contribution >= 0.6 is 11.3 Å². The van der Waals surface area contributed by atoms with Crippen LogP contribution in [0.4, 0.5) is 34.9 Å². The van der Waals surface area contributed by atoms with Crippen molar-refractivity contribution in [3.63, 3.8) is 0 Å². The Labute approximate surface area is 266 Å². The summed E-state index contributed by atoms with van der Waals surface area (Å²) in [6.07, 6.45) is 3.86. The third kappa shape index (κ3) is 7.16. The van der Waals surface area contributed by atoms with E-state index in [1.807, 2.05) is 0 Å². The van der Waals surface area contributed by atoms with E-state index >= 15 is 0 Å². The van der Waals surface area contributed by atoms with Gasteiger partial charge in [0.1, 0.15) is 35.5 Å². The molecule has 0 radical (unpaired) electrons. The molecule has 1 amide bonds. The van der Waals surface area contributed by atoms with Gasteiger partial charge in [-0.3, -0.25) is 9.69 Å². The molecule has 46 heavy (non-hydrogen) atoms. The number of likely N-dealkylation sites (tertiary alicyclic amines) is 1. The first-order chi connectivity index (χ1) is 22.4. The van der Waals surface area contributed by atoms with Gasteiger partial charge in [0.15, 0.2) is 11.6 Å². The predicted octanol–water partition coefficient (Wildman–Crippen LogP) is 7.62. The summed E-state index contributed by atoms with van der Waals surface area (Å²) in [6, 6.07) is 15.8. The molecule has 0 spiro atoms. The number of alkyl halides is 1. The summed E-state index contributed by atoms with van der Waals surface area (Å²) in [5.74, 6) is -3.13. The van der Waals surface area contributed by atoms with Crippen LogP contribution in [0.2, 0.25) is 0 Å². The zero-order valence-corrected chi connectivity index (χ0v) is 25.2. The van der Waals surface area contributed by atoms with Crippen LogP contribution in [0.1, 0.15) is 28.2 Å². The summed E-state index contributed by atoms with van der Waals surface area (Å²) in [4.78, 5) is 28.7. The van der Waals surface area contributed by atoms with Crippen molar-refractivity contribution in [1.29, 1.82) is 0 Å². The van der Waals surface area contributed by atoms with E-state index in [1.54, 1.807) is 42.5 Å². The Hall–Kier alpha value is -4.88. The second kappa shape index (κ2) is 14.0. The molecule has 3 aromatic carbocycles. The molecule has 0 atom stereocenters. The maximum Gasteiger partial charge on any atom is 0.261 e. The number of carbonyl (C=O) groups excluding carboxylic acids is 1. The molecule has 2 N–H and O–H groups in total. The molecule has 5 aromatic rings. The molecule has 0 aliphatic carbocycles. The summed E-state index contributed by atoms with van der Waals surface area (Å²) >= 11 is 1.09. The Kier molecular flexibility index (Phi) is 9.50. The third-order valence-electron chi connectivity index (χ3n) is 7.31. The molecule has 236 valence electrons. The van der Waals surface area contributed by atoms with Gasteiger partial charge in [-0.1, -0.05) is 18.2 Å². The highest BCUT2D eigenvalue weighted by atomic mass is 32.1. The number of nitrogens with one attached hydrogen (secondary N) is 2. The number of carbonyl (C=O) groups is 1. The normalized spacial score (nSPS) is 13.1. The van der Waals surface area contributed by atoms with Crippen LogP contribution in [0, 0.1) is 17.5 Å². The van der Waals surface area contributed by atoms with Gasteiger partial charge < -0.3 is 15.4 Å². The molecule has 8 nitrogen and oxygen atoms in total. The number of benzene rings is 3. The summed E-state index contributed by atoms with van der Waals surface area (Å²) in [7, 11) is 0. The van der Waals surface area contributed by atoms with Crippen molar-refractivity contribution in [2.75, 3.05) is 36.9 Å². The summed E-state index contributed by atoms with van der Waals surface area (Å²) in [5.41, 5.74) is 1.27. The molecule has 1 aliphatic heterocycles. The Morgan fingerprint density at radius 3 is 2.46 bits per heavy atom. The first kappa shape index (κ1) is 31.1. The maximum atomic E-state index is 14.8. The lowest BCUT2D eigenvalue weighted by Gasteiger charge is -2.15. The minimum absolute atomic E-state index is 0.157. The van der Waals surface area contributed by atoms with E-state index in [9.17, 15) is 22.4 Å². The van der Waals surface area contributed by atoms with E-state index in [2.05, 4.69) is 30.5 Å². The average molecular weight is 649 g/mol. The zero-order valence-electron chi connectivity index (χ0n) is 24.4. The highest BCUT2D eigenvalue weighted by Crippen LogP contribution is 2.37. The van der Waals surface area contributed by atoms with Crippen molar-refractivity contribution in [2.24, 2.45) is 0 Å². The second-order valence-corrected chi connectivity index (χ2v) is 11.6. The Bertz CT molecular complexity index is 1840. The van der Waals surface area contributed by atoms with Crippen LogP contribution in [-0.4, -0.2) is 52.0 Å². The van der Waals surface area contributed by atoms with Gasteiger partial charge in [0, 0.05) is 35.7 Å². The van der Waals surface area contributed by atoms with E-state index in [4.69, 9.17) is 4.74 Å². The molecule has 6 rings (SSSR count). The molecule has 1 aliphatic rings. The molecule has 2 aromatic heterocycles. The van der Waals surface area contributed by atoms with Crippen LogP contribution in [-0.2, 0) is 6.67 Å². The summed E-state index contributed by atoms with van der Waals surface area (Å²) in [5, 5.41) is 5.70. The van der Waals surface area contributed by atoms with E-state index < -0.39 is 35.6 Å². The lowest BCUT2D eigenvalue weighted by Crippen LogP contribution is -2.25. The van der Waals surface area contributed by atoms with E-state index in [1.165, 1.54) is 31.2 Å². The van der Waals surface area contributed by atoms with Crippen molar-refractivity contribution in [3.05, 3.63) is 101 Å². The largest absolute Gasteiger partial charge is 0.489 e. The number of hydrogen-bond donors (Lipinski definition) is 2.